The van der Waals surface area contributed by atoms with Crippen LogP contribution in [-0.2, 0) is 32.7 Å². The second-order valence-electron chi connectivity index (χ2n) is 16.1. The summed E-state index contributed by atoms with van der Waals surface area (Å²) in [6.07, 6.45) is 37.3. The Morgan fingerprint density at radius 3 is 1.59 bits per heavy atom. The van der Waals surface area contributed by atoms with Crippen LogP contribution in [-0.4, -0.2) is 110 Å². The summed E-state index contributed by atoms with van der Waals surface area (Å²) in [5.74, 6) is -1.35. The highest BCUT2D eigenvalue weighted by Crippen LogP contribution is 2.47. The number of unbranched alkanes of at least 4 members (excludes halogenated alkanes) is 6. The fourth-order valence-electron chi connectivity index (χ4n) is 6.36. The molecule has 374 valence electrons. The smallest absolute Gasteiger partial charge is 0.462 e. The summed E-state index contributed by atoms with van der Waals surface area (Å²) in [5, 5.41) is 60.5. The molecule has 1 fully saturated rings. The third-order valence-electron chi connectivity index (χ3n) is 10.2. The molecule has 0 aromatic rings. The molecule has 0 spiro atoms. The van der Waals surface area contributed by atoms with Crippen LogP contribution in [0.4, 0.5) is 0 Å². The van der Waals surface area contributed by atoms with Crippen LogP contribution in [0.3, 0.4) is 0 Å². The molecular weight excluding hydrogens is 868 g/mol. The van der Waals surface area contributed by atoms with Gasteiger partial charge in [-0.1, -0.05) is 142 Å². The molecule has 0 amide bonds. The molecular formula is C51H81O14P. The molecule has 0 heterocycles. The van der Waals surface area contributed by atoms with E-state index in [1.54, 1.807) is 12.2 Å². The third kappa shape index (κ3) is 31.4. The molecule has 9 atom stereocenters. The summed E-state index contributed by atoms with van der Waals surface area (Å²) in [6.45, 7) is 2.95. The lowest BCUT2D eigenvalue weighted by Gasteiger charge is -2.41. The fraction of sp³-hybridized carbons (Fsp3) is 0.608. The van der Waals surface area contributed by atoms with Gasteiger partial charge < -0.3 is 45.0 Å². The molecule has 1 rings (SSSR count). The van der Waals surface area contributed by atoms with Gasteiger partial charge in [0.25, 0.3) is 0 Å². The van der Waals surface area contributed by atoms with Gasteiger partial charge in [0.1, 0.15) is 43.2 Å². The van der Waals surface area contributed by atoms with Crippen LogP contribution in [0.5, 0.6) is 0 Å². The van der Waals surface area contributed by atoms with Gasteiger partial charge in [0.15, 0.2) is 6.10 Å². The first kappa shape index (κ1) is 60.5. The molecule has 0 aliphatic heterocycles. The number of aliphatic hydroxyl groups excluding tert-OH is 6. The lowest BCUT2D eigenvalue weighted by molar-refractivity contribution is -0.220. The number of ether oxygens (including phenoxy) is 2. The Morgan fingerprint density at radius 1 is 0.561 bits per heavy atom. The number of esters is 2. The minimum absolute atomic E-state index is 0.0100. The molecule has 3 unspecified atom stereocenters. The van der Waals surface area contributed by atoms with Gasteiger partial charge in [0.05, 0.1) is 12.7 Å². The van der Waals surface area contributed by atoms with E-state index in [1.807, 2.05) is 12.2 Å². The van der Waals surface area contributed by atoms with Crippen molar-refractivity contribution in [1.29, 1.82) is 0 Å². The molecule has 0 aromatic heterocycles. The summed E-state index contributed by atoms with van der Waals surface area (Å²) in [4.78, 5) is 35.8. The Labute approximate surface area is 394 Å². The molecule has 0 radical (unpaired) electrons. The SMILES string of the molecule is CC/C=C\C/C=C\C/C=C\C/C=C\C/C=C\CCCCCC(=O)O[C@H](COC(=O)CCC[C@H](O)/C=C/C=C\C/C=C\C/C=C\CCCCC)COP(=O)(O)OC1[C@H](O)[C@H](O)C(O)[C@H](O)[C@H]1O. The quantitative estimate of drug-likeness (QED) is 0.0102. The van der Waals surface area contributed by atoms with E-state index in [1.165, 1.54) is 19.3 Å². The fourth-order valence-corrected chi connectivity index (χ4v) is 7.33. The predicted molar refractivity (Wildman–Crippen MR) is 259 cm³/mol. The number of rotatable bonds is 37. The zero-order chi connectivity index (χ0) is 48.7. The number of allylic oxidation sites excluding steroid dienone is 17. The summed E-state index contributed by atoms with van der Waals surface area (Å²) in [6, 6.07) is 0. The van der Waals surface area contributed by atoms with Crippen LogP contribution in [0, 0.1) is 0 Å². The molecule has 0 aromatic carbocycles. The van der Waals surface area contributed by atoms with Crippen molar-refractivity contribution in [2.45, 2.75) is 185 Å². The Kier molecular flexibility index (Phi) is 36.2. The molecule has 15 heteroatoms. The summed E-state index contributed by atoms with van der Waals surface area (Å²) in [5.41, 5.74) is 0. The van der Waals surface area contributed by atoms with E-state index in [2.05, 4.69) is 98.9 Å². The first-order valence-corrected chi connectivity index (χ1v) is 25.3. The van der Waals surface area contributed by atoms with Crippen molar-refractivity contribution in [3.63, 3.8) is 0 Å². The topological polar surface area (TPSA) is 230 Å². The van der Waals surface area contributed by atoms with Gasteiger partial charge in [-0.3, -0.25) is 18.6 Å². The van der Waals surface area contributed by atoms with Crippen molar-refractivity contribution in [2.75, 3.05) is 13.2 Å². The van der Waals surface area contributed by atoms with E-state index in [4.69, 9.17) is 18.5 Å². The van der Waals surface area contributed by atoms with Crippen LogP contribution in [0.2, 0.25) is 0 Å². The molecule has 0 saturated heterocycles. The number of hydrogen-bond acceptors (Lipinski definition) is 13. The molecule has 7 N–H and O–H groups in total. The van der Waals surface area contributed by atoms with Gasteiger partial charge in [-0.2, -0.15) is 0 Å². The molecule has 1 saturated carbocycles. The summed E-state index contributed by atoms with van der Waals surface area (Å²) >= 11 is 0. The molecule has 1 aliphatic rings. The van der Waals surface area contributed by atoms with Crippen LogP contribution in [0.1, 0.15) is 136 Å². The zero-order valence-electron chi connectivity index (χ0n) is 39.3. The van der Waals surface area contributed by atoms with Gasteiger partial charge in [0, 0.05) is 12.8 Å². The molecule has 1 aliphatic carbocycles. The average molecular weight is 949 g/mol. The van der Waals surface area contributed by atoms with E-state index in [-0.39, 0.29) is 25.7 Å². The zero-order valence-corrected chi connectivity index (χ0v) is 40.2. The maximum Gasteiger partial charge on any atom is 0.472 e. The van der Waals surface area contributed by atoms with Gasteiger partial charge in [0.2, 0.25) is 0 Å². The van der Waals surface area contributed by atoms with E-state index < -0.39 is 81.8 Å². The van der Waals surface area contributed by atoms with Crippen molar-refractivity contribution in [3.05, 3.63) is 109 Å². The maximum atomic E-state index is 12.8. The summed E-state index contributed by atoms with van der Waals surface area (Å²) < 4.78 is 33.4. The van der Waals surface area contributed by atoms with Crippen molar-refractivity contribution in [3.8, 4) is 0 Å². The van der Waals surface area contributed by atoms with Crippen LogP contribution < -0.4 is 0 Å². The third-order valence-corrected chi connectivity index (χ3v) is 11.2. The Hall–Kier alpha value is -3.53. The Bertz CT molecular complexity index is 1580. The highest BCUT2D eigenvalue weighted by Gasteiger charge is 2.51. The number of carbonyl (C=O) groups excluding carboxylic acids is 2. The van der Waals surface area contributed by atoms with E-state index in [0.29, 0.717) is 6.42 Å². The number of phosphoric acid groups is 1. The van der Waals surface area contributed by atoms with Gasteiger partial charge >= 0.3 is 19.8 Å². The first-order chi connectivity index (χ1) is 31.8. The predicted octanol–water partition coefficient (Wildman–Crippen LogP) is 8.58. The first-order valence-electron chi connectivity index (χ1n) is 23.8. The highest BCUT2D eigenvalue weighted by atomic mass is 31.2. The van der Waals surface area contributed by atoms with Crippen molar-refractivity contribution in [1.82, 2.24) is 0 Å². The molecule has 0 bridgehead atoms. The van der Waals surface area contributed by atoms with Crippen molar-refractivity contribution in [2.24, 2.45) is 0 Å². The molecule has 66 heavy (non-hydrogen) atoms. The Balaban J connectivity index is 2.57. The second-order valence-corrected chi connectivity index (χ2v) is 17.5. The minimum atomic E-state index is -5.18. The summed E-state index contributed by atoms with van der Waals surface area (Å²) in [7, 11) is -5.18. The van der Waals surface area contributed by atoms with Gasteiger partial charge in [-0.05, 0) is 89.9 Å². The number of aliphatic hydroxyl groups is 6. The Morgan fingerprint density at radius 2 is 1.05 bits per heavy atom. The van der Waals surface area contributed by atoms with Crippen LogP contribution in [0.25, 0.3) is 0 Å². The van der Waals surface area contributed by atoms with E-state index in [9.17, 15) is 49.7 Å². The average Bonchev–Trinajstić information content (AvgIpc) is 3.29. The van der Waals surface area contributed by atoms with Crippen LogP contribution >= 0.6 is 7.82 Å². The number of phosphoric ester groups is 1. The largest absolute Gasteiger partial charge is 0.472 e. The standard InChI is InChI=1S/C51H81O14P/c1-3-5-7-9-11-13-15-17-18-19-20-21-22-24-26-28-30-32-34-38-45(54)64-43(41-63-66(60,61)65-51-49(58)47(56)46(55)48(57)50(51)59)40-62-44(53)39-35-37-42(52)36-33-31-29-27-25-23-16-14-12-10-8-6-4-2/h5,7,11-14,17-18,20-21,23-26,29,31,33,36,42-43,46-52,55-59H,3-4,6,8-10,15-16,19,22,27-28,30,32,34-35,37-41H2,1-2H3,(H,60,61)/b7-5-,13-11-,14-12-,18-17-,21-20-,25-23-,26-24-,31-29-,36-33+/t42-,43-,46?,47-,48+,49-,50-,51?/m1/s1. The normalized spacial score (nSPS) is 22.7. The highest BCUT2D eigenvalue weighted by molar-refractivity contribution is 7.47. The monoisotopic (exact) mass is 949 g/mol. The van der Waals surface area contributed by atoms with Gasteiger partial charge in [-0.15, -0.1) is 0 Å². The lowest BCUT2D eigenvalue weighted by Crippen LogP contribution is -2.64. The van der Waals surface area contributed by atoms with E-state index in [0.717, 1.165) is 70.6 Å². The molecule has 14 nitrogen and oxygen atoms in total. The number of carbonyl (C=O) groups is 2. The van der Waals surface area contributed by atoms with E-state index >= 15 is 0 Å². The van der Waals surface area contributed by atoms with Crippen LogP contribution in [0.15, 0.2) is 109 Å². The van der Waals surface area contributed by atoms with Crippen molar-refractivity contribution >= 4 is 19.8 Å². The minimum Gasteiger partial charge on any atom is -0.462 e. The van der Waals surface area contributed by atoms with Gasteiger partial charge in [-0.25, -0.2) is 4.57 Å². The maximum absolute atomic E-state index is 12.8. The number of hydrogen-bond donors (Lipinski definition) is 7. The second kappa shape index (κ2) is 39.5. The lowest BCUT2D eigenvalue weighted by atomic mass is 9.85. The van der Waals surface area contributed by atoms with Crippen molar-refractivity contribution < 1.29 is 68.2 Å².